The number of carboxylic acid groups (broad SMARTS) is 1. The Kier molecular flexibility index (Phi) is 5.05. The van der Waals surface area contributed by atoms with Gasteiger partial charge in [0.2, 0.25) is 0 Å². The lowest BCUT2D eigenvalue weighted by Gasteiger charge is -2.33. The van der Waals surface area contributed by atoms with Gasteiger partial charge in [-0.1, -0.05) is 12.1 Å². The first-order valence-electron chi connectivity index (χ1n) is 10.4. The zero-order valence-corrected chi connectivity index (χ0v) is 17.4. The second kappa shape index (κ2) is 8.03. The van der Waals surface area contributed by atoms with E-state index in [9.17, 15) is 9.18 Å². The number of carboxylic acids is 1. The molecule has 5 rings (SSSR count). The van der Waals surface area contributed by atoms with Gasteiger partial charge in [-0.15, -0.1) is 0 Å². The summed E-state index contributed by atoms with van der Waals surface area (Å²) < 4.78 is 20.6. The Morgan fingerprint density at radius 3 is 2.66 bits per heavy atom. The van der Waals surface area contributed by atoms with E-state index in [2.05, 4.69) is 19.9 Å². The third-order valence-electron chi connectivity index (χ3n) is 5.75. The molecule has 1 aliphatic carbocycles. The SMILES string of the molecule is Cc1ccc2nc(-c3ccc(-c4cnc(OC5CC(CC(=O)O)C5)nc4)cc3F)[nH]c2c1. The van der Waals surface area contributed by atoms with Crippen molar-refractivity contribution in [3.05, 3.63) is 60.2 Å². The summed E-state index contributed by atoms with van der Waals surface area (Å²) >= 11 is 0. The third kappa shape index (κ3) is 4.03. The highest BCUT2D eigenvalue weighted by molar-refractivity contribution is 5.80. The zero-order valence-electron chi connectivity index (χ0n) is 17.4. The van der Waals surface area contributed by atoms with E-state index in [0.717, 1.165) is 16.6 Å². The van der Waals surface area contributed by atoms with Gasteiger partial charge in [0.05, 0.1) is 16.6 Å². The number of halogens is 1. The maximum absolute atomic E-state index is 14.9. The lowest BCUT2D eigenvalue weighted by molar-refractivity contribution is -0.139. The van der Waals surface area contributed by atoms with Crippen LogP contribution in [0.3, 0.4) is 0 Å². The van der Waals surface area contributed by atoms with Crippen LogP contribution in [0.25, 0.3) is 33.5 Å². The summed E-state index contributed by atoms with van der Waals surface area (Å²) in [6.07, 6.45) is 4.66. The predicted molar refractivity (Wildman–Crippen MR) is 117 cm³/mol. The monoisotopic (exact) mass is 432 g/mol. The number of aryl methyl sites for hydroxylation is 1. The largest absolute Gasteiger partial charge is 0.481 e. The summed E-state index contributed by atoms with van der Waals surface area (Å²) in [4.78, 5) is 26.8. The van der Waals surface area contributed by atoms with E-state index in [1.807, 2.05) is 25.1 Å². The summed E-state index contributed by atoms with van der Waals surface area (Å²) in [5.41, 5.74) is 4.47. The number of carbonyl (C=O) groups is 1. The smallest absolute Gasteiger partial charge is 0.316 e. The number of hydrogen-bond donors (Lipinski definition) is 2. The molecule has 8 heteroatoms. The molecule has 0 atom stereocenters. The van der Waals surface area contributed by atoms with E-state index in [1.54, 1.807) is 24.5 Å². The Morgan fingerprint density at radius 1 is 1.16 bits per heavy atom. The lowest BCUT2D eigenvalue weighted by atomic mass is 9.80. The van der Waals surface area contributed by atoms with E-state index in [4.69, 9.17) is 9.84 Å². The van der Waals surface area contributed by atoms with Gasteiger partial charge in [0.1, 0.15) is 17.7 Å². The van der Waals surface area contributed by atoms with Crippen LogP contribution >= 0.6 is 0 Å². The summed E-state index contributed by atoms with van der Waals surface area (Å²) in [6, 6.07) is 11.0. The molecule has 0 amide bonds. The molecule has 0 spiro atoms. The number of H-pyrrole nitrogens is 1. The van der Waals surface area contributed by atoms with Crippen LogP contribution in [0.15, 0.2) is 48.8 Å². The zero-order chi connectivity index (χ0) is 22.2. The number of nitrogens with one attached hydrogen (secondary N) is 1. The van der Waals surface area contributed by atoms with Crippen molar-refractivity contribution < 1.29 is 19.0 Å². The van der Waals surface area contributed by atoms with Gasteiger partial charge in [0.15, 0.2) is 0 Å². The van der Waals surface area contributed by atoms with Gasteiger partial charge in [-0.2, -0.15) is 0 Å². The number of nitrogens with zero attached hydrogens (tertiary/aromatic N) is 3. The Hall–Kier alpha value is -3.81. The van der Waals surface area contributed by atoms with Crippen molar-refractivity contribution in [1.82, 2.24) is 19.9 Å². The average Bonchev–Trinajstić information content (AvgIpc) is 3.15. The molecule has 2 heterocycles. The summed E-state index contributed by atoms with van der Waals surface area (Å²) in [7, 11) is 0. The van der Waals surface area contributed by atoms with Gasteiger partial charge in [0.25, 0.3) is 0 Å². The van der Waals surface area contributed by atoms with Crippen molar-refractivity contribution in [2.24, 2.45) is 5.92 Å². The van der Waals surface area contributed by atoms with Crippen LogP contribution in [0.1, 0.15) is 24.8 Å². The molecule has 2 aromatic carbocycles. The molecule has 162 valence electrons. The molecule has 7 nitrogen and oxygen atoms in total. The highest BCUT2D eigenvalue weighted by atomic mass is 19.1. The number of aromatic nitrogens is 4. The molecule has 0 radical (unpaired) electrons. The summed E-state index contributed by atoms with van der Waals surface area (Å²) in [6.45, 7) is 2.00. The quantitative estimate of drug-likeness (QED) is 0.455. The van der Waals surface area contributed by atoms with Crippen LogP contribution in [0, 0.1) is 18.7 Å². The van der Waals surface area contributed by atoms with Crippen LogP contribution in [-0.2, 0) is 4.79 Å². The van der Waals surface area contributed by atoms with E-state index in [1.165, 1.54) is 6.07 Å². The van der Waals surface area contributed by atoms with Crippen LogP contribution < -0.4 is 4.74 Å². The van der Waals surface area contributed by atoms with Crippen molar-refractivity contribution in [2.75, 3.05) is 0 Å². The number of benzene rings is 2. The maximum atomic E-state index is 14.9. The minimum Gasteiger partial charge on any atom is -0.481 e. The lowest BCUT2D eigenvalue weighted by Crippen LogP contribution is -2.35. The van der Waals surface area contributed by atoms with E-state index < -0.39 is 11.8 Å². The molecule has 2 N–H and O–H groups in total. The normalized spacial score (nSPS) is 17.8. The number of fused-ring (bicyclic) bond motifs is 1. The molecule has 2 aromatic heterocycles. The first-order chi connectivity index (χ1) is 15.4. The molecule has 0 bridgehead atoms. The first kappa shape index (κ1) is 20.1. The topological polar surface area (TPSA) is 101 Å². The van der Waals surface area contributed by atoms with Gasteiger partial charge >= 0.3 is 12.0 Å². The maximum Gasteiger partial charge on any atom is 0.316 e. The predicted octanol–water partition coefficient (Wildman–Crippen LogP) is 4.77. The highest BCUT2D eigenvalue weighted by Gasteiger charge is 2.32. The van der Waals surface area contributed by atoms with Crippen LogP contribution in [0.2, 0.25) is 0 Å². The van der Waals surface area contributed by atoms with Crippen molar-refractivity contribution >= 4 is 17.0 Å². The summed E-state index contributed by atoms with van der Waals surface area (Å²) in [5.74, 6) is -0.550. The van der Waals surface area contributed by atoms with Gasteiger partial charge in [0, 0.05) is 24.4 Å². The molecule has 32 heavy (non-hydrogen) atoms. The minimum atomic E-state index is -0.789. The molecular weight excluding hydrogens is 411 g/mol. The fourth-order valence-corrected chi connectivity index (χ4v) is 4.00. The number of hydrogen-bond acceptors (Lipinski definition) is 5. The first-order valence-corrected chi connectivity index (χ1v) is 10.4. The number of aliphatic carboxylic acids is 1. The van der Waals surface area contributed by atoms with Crippen molar-refractivity contribution in [3.8, 4) is 28.5 Å². The fourth-order valence-electron chi connectivity index (χ4n) is 4.00. The van der Waals surface area contributed by atoms with Crippen LogP contribution in [0.4, 0.5) is 4.39 Å². The summed E-state index contributed by atoms with van der Waals surface area (Å²) in [5, 5.41) is 8.81. The standard InChI is InChI=1S/C24H21FN4O3/c1-13-2-5-20-21(6-13)29-23(28-20)18-4-3-15(10-19(18)25)16-11-26-24(27-12-16)32-17-7-14(8-17)9-22(30)31/h2-6,10-12,14,17H,7-9H2,1H3,(H,28,29)(H,30,31). The number of rotatable bonds is 6. The molecule has 0 aliphatic heterocycles. The molecular formula is C24H21FN4O3. The second-order valence-electron chi connectivity index (χ2n) is 8.23. The Bertz CT molecular complexity index is 1300. The number of aromatic amines is 1. The second-order valence-corrected chi connectivity index (χ2v) is 8.23. The van der Waals surface area contributed by atoms with E-state index >= 15 is 0 Å². The molecule has 1 aliphatic rings. The third-order valence-corrected chi connectivity index (χ3v) is 5.75. The Balaban J connectivity index is 1.29. The average molecular weight is 432 g/mol. The minimum absolute atomic E-state index is 0.0606. The highest BCUT2D eigenvalue weighted by Crippen LogP contribution is 2.33. The van der Waals surface area contributed by atoms with Crippen molar-refractivity contribution in [3.63, 3.8) is 0 Å². The van der Waals surface area contributed by atoms with E-state index in [-0.39, 0.29) is 24.5 Å². The number of imidazole rings is 1. The van der Waals surface area contributed by atoms with Crippen LogP contribution in [0.5, 0.6) is 6.01 Å². The molecule has 1 saturated carbocycles. The number of ether oxygens (including phenoxy) is 1. The van der Waals surface area contributed by atoms with Crippen LogP contribution in [-0.4, -0.2) is 37.1 Å². The Labute approximate surface area is 183 Å². The van der Waals surface area contributed by atoms with Gasteiger partial charge in [-0.3, -0.25) is 4.79 Å². The molecule has 4 aromatic rings. The van der Waals surface area contributed by atoms with Gasteiger partial charge < -0.3 is 14.8 Å². The van der Waals surface area contributed by atoms with Gasteiger partial charge in [-0.25, -0.2) is 19.3 Å². The van der Waals surface area contributed by atoms with Crippen molar-refractivity contribution in [1.29, 1.82) is 0 Å². The molecule has 0 saturated heterocycles. The fraction of sp³-hybridized carbons (Fsp3) is 0.250. The molecule has 1 fully saturated rings. The Morgan fingerprint density at radius 2 is 1.94 bits per heavy atom. The molecule has 0 unspecified atom stereocenters. The van der Waals surface area contributed by atoms with E-state index in [0.29, 0.717) is 35.4 Å². The van der Waals surface area contributed by atoms with Crippen molar-refractivity contribution in [2.45, 2.75) is 32.3 Å². The van der Waals surface area contributed by atoms with Gasteiger partial charge in [-0.05, 0) is 61.1 Å².